The number of rotatable bonds is 3. The highest BCUT2D eigenvalue weighted by molar-refractivity contribution is 8.15. The largest absolute Gasteiger partial charge is 0.332 e. The number of thioether (sulfide) groups is 1. The maximum absolute atomic E-state index is 4.56. The molecule has 0 aromatic carbocycles. The fourth-order valence-corrected chi connectivity index (χ4v) is 3.21. The molecule has 2 heterocycles. The second-order valence-corrected chi connectivity index (χ2v) is 6.30. The summed E-state index contributed by atoms with van der Waals surface area (Å²) in [5.74, 6) is 0.918. The molecule has 1 unspecified atom stereocenters. The standard InChI is InChI=1S/C12H18N4S/c1-8(2)16-7-10(5-14-16)15-12-13-6-11(17-12)9-3-4-9/h5,7-9,11H,3-4,6H2,1-2H3,(H,13,15). The van der Waals surface area contributed by atoms with Crippen LogP contribution in [0.15, 0.2) is 17.4 Å². The Labute approximate surface area is 106 Å². The molecule has 1 fully saturated rings. The van der Waals surface area contributed by atoms with Crippen molar-refractivity contribution in [3.8, 4) is 0 Å². The smallest absolute Gasteiger partial charge is 0.161 e. The molecule has 5 heteroatoms. The molecule has 1 saturated carbocycles. The van der Waals surface area contributed by atoms with Crippen LogP contribution in [-0.2, 0) is 0 Å². The van der Waals surface area contributed by atoms with Crippen molar-refractivity contribution in [1.29, 1.82) is 0 Å². The van der Waals surface area contributed by atoms with Crippen LogP contribution in [0.5, 0.6) is 0 Å². The third-order valence-corrected chi connectivity index (χ3v) is 4.50. The maximum atomic E-state index is 4.56. The Balaban J connectivity index is 1.59. The van der Waals surface area contributed by atoms with E-state index >= 15 is 0 Å². The number of amidine groups is 1. The van der Waals surface area contributed by atoms with E-state index in [0.717, 1.165) is 28.6 Å². The molecule has 0 radical (unpaired) electrons. The number of anilines is 1. The average Bonchev–Trinajstić information content (AvgIpc) is 2.87. The quantitative estimate of drug-likeness (QED) is 0.897. The van der Waals surface area contributed by atoms with Crippen LogP contribution in [0.1, 0.15) is 32.7 Å². The first-order valence-electron chi connectivity index (χ1n) is 6.24. The Morgan fingerprint density at radius 1 is 1.47 bits per heavy atom. The van der Waals surface area contributed by atoms with Gasteiger partial charge in [-0.3, -0.25) is 9.67 Å². The van der Waals surface area contributed by atoms with E-state index in [4.69, 9.17) is 0 Å². The molecular weight excluding hydrogens is 232 g/mol. The van der Waals surface area contributed by atoms with Gasteiger partial charge in [-0.1, -0.05) is 11.8 Å². The number of nitrogens with one attached hydrogen (secondary N) is 1. The van der Waals surface area contributed by atoms with E-state index in [1.165, 1.54) is 12.8 Å². The van der Waals surface area contributed by atoms with Crippen LogP contribution < -0.4 is 5.32 Å². The van der Waals surface area contributed by atoms with E-state index < -0.39 is 0 Å². The van der Waals surface area contributed by atoms with E-state index in [1.54, 1.807) is 0 Å². The minimum Gasteiger partial charge on any atom is -0.332 e. The lowest BCUT2D eigenvalue weighted by atomic mass is 10.3. The van der Waals surface area contributed by atoms with Gasteiger partial charge in [-0.15, -0.1) is 0 Å². The van der Waals surface area contributed by atoms with E-state index in [2.05, 4.69) is 29.3 Å². The second-order valence-electron chi connectivity index (χ2n) is 5.07. The highest BCUT2D eigenvalue weighted by Crippen LogP contribution is 2.41. The minimum atomic E-state index is 0.405. The minimum absolute atomic E-state index is 0.405. The molecule has 92 valence electrons. The van der Waals surface area contributed by atoms with Crippen molar-refractivity contribution in [3.63, 3.8) is 0 Å². The summed E-state index contributed by atoms with van der Waals surface area (Å²) in [6.45, 7) is 5.24. The summed E-state index contributed by atoms with van der Waals surface area (Å²) in [5, 5.41) is 9.45. The number of aliphatic imine (C=N–C) groups is 1. The summed E-state index contributed by atoms with van der Waals surface area (Å²) in [4.78, 5) is 4.56. The molecule has 3 rings (SSSR count). The predicted molar refractivity (Wildman–Crippen MR) is 72.6 cm³/mol. The van der Waals surface area contributed by atoms with Gasteiger partial charge in [-0.25, -0.2) is 0 Å². The second kappa shape index (κ2) is 4.37. The van der Waals surface area contributed by atoms with Crippen molar-refractivity contribution in [2.75, 3.05) is 11.9 Å². The van der Waals surface area contributed by atoms with E-state index in [9.17, 15) is 0 Å². The van der Waals surface area contributed by atoms with Gasteiger partial charge in [0.1, 0.15) is 0 Å². The SMILES string of the molecule is CC(C)n1cc(NC2=NCC(C3CC3)S2)cn1. The van der Waals surface area contributed by atoms with Gasteiger partial charge in [0.25, 0.3) is 0 Å². The zero-order chi connectivity index (χ0) is 11.8. The van der Waals surface area contributed by atoms with Crippen molar-refractivity contribution in [2.45, 2.75) is 38.0 Å². The van der Waals surface area contributed by atoms with Crippen molar-refractivity contribution in [3.05, 3.63) is 12.4 Å². The van der Waals surface area contributed by atoms with Crippen LogP contribution in [0.4, 0.5) is 5.69 Å². The zero-order valence-corrected chi connectivity index (χ0v) is 11.1. The van der Waals surface area contributed by atoms with Gasteiger partial charge >= 0.3 is 0 Å². The summed E-state index contributed by atoms with van der Waals surface area (Å²) in [6.07, 6.45) is 6.70. The molecule has 1 aromatic rings. The van der Waals surface area contributed by atoms with E-state index in [-0.39, 0.29) is 0 Å². The van der Waals surface area contributed by atoms with Crippen LogP contribution in [0, 0.1) is 5.92 Å². The van der Waals surface area contributed by atoms with Crippen LogP contribution in [0.25, 0.3) is 0 Å². The van der Waals surface area contributed by atoms with Crippen LogP contribution in [0.2, 0.25) is 0 Å². The fourth-order valence-electron chi connectivity index (χ4n) is 1.98. The molecule has 2 aliphatic rings. The van der Waals surface area contributed by atoms with Gasteiger partial charge in [-0.2, -0.15) is 5.10 Å². The van der Waals surface area contributed by atoms with Gasteiger partial charge in [0.15, 0.2) is 5.17 Å². The molecule has 0 bridgehead atoms. The third kappa shape index (κ3) is 2.49. The van der Waals surface area contributed by atoms with E-state index in [0.29, 0.717) is 6.04 Å². The lowest BCUT2D eigenvalue weighted by Gasteiger charge is -2.06. The topological polar surface area (TPSA) is 42.2 Å². The molecular formula is C12H18N4S. The van der Waals surface area contributed by atoms with Crippen molar-refractivity contribution < 1.29 is 0 Å². The Kier molecular flexibility index (Phi) is 2.86. The third-order valence-electron chi connectivity index (χ3n) is 3.21. The monoisotopic (exact) mass is 250 g/mol. The Morgan fingerprint density at radius 3 is 2.94 bits per heavy atom. The number of aromatic nitrogens is 2. The summed E-state index contributed by atoms with van der Waals surface area (Å²) >= 11 is 1.90. The molecule has 17 heavy (non-hydrogen) atoms. The lowest BCUT2D eigenvalue weighted by Crippen LogP contribution is -2.08. The highest BCUT2D eigenvalue weighted by atomic mass is 32.2. The first-order valence-corrected chi connectivity index (χ1v) is 7.12. The molecule has 0 saturated heterocycles. The van der Waals surface area contributed by atoms with Crippen LogP contribution >= 0.6 is 11.8 Å². The zero-order valence-electron chi connectivity index (χ0n) is 10.3. The molecule has 1 N–H and O–H groups in total. The lowest BCUT2D eigenvalue weighted by molar-refractivity contribution is 0.532. The number of nitrogens with zero attached hydrogens (tertiary/aromatic N) is 3. The molecule has 1 aliphatic heterocycles. The van der Waals surface area contributed by atoms with Crippen molar-refractivity contribution >= 4 is 22.6 Å². The summed E-state index contributed by atoms with van der Waals surface area (Å²) in [5.41, 5.74) is 1.04. The van der Waals surface area contributed by atoms with Crippen molar-refractivity contribution in [1.82, 2.24) is 9.78 Å². The van der Waals surface area contributed by atoms with Gasteiger partial charge < -0.3 is 5.32 Å². The molecule has 4 nitrogen and oxygen atoms in total. The fraction of sp³-hybridized carbons (Fsp3) is 0.667. The molecule has 1 atom stereocenters. The molecule has 0 amide bonds. The van der Waals surface area contributed by atoms with Crippen LogP contribution in [-0.4, -0.2) is 26.7 Å². The normalized spacial score (nSPS) is 24.2. The summed E-state index contributed by atoms with van der Waals surface area (Å²) in [7, 11) is 0. The number of hydrogen-bond acceptors (Lipinski definition) is 4. The van der Waals surface area contributed by atoms with Gasteiger partial charge in [0, 0.05) is 17.5 Å². The molecule has 0 spiro atoms. The Hall–Kier alpha value is -0.970. The first kappa shape index (κ1) is 11.1. The summed E-state index contributed by atoms with van der Waals surface area (Å²) < 4.78 is 1.96. The van der Waals surface area contributed by atoms with Gasteiger partial charge in [-0.05, 0) is 32.6 Å². The Morgan fingerprint density at radius 2 is 2.29 bits per heavy atom. The Bertz CT molecular complexity index is 433. The first-order chi connectivity index (χ1) is 8.22. The molecule has 1 aliphatic carbocycles. The van der Waals surface area contributed by atoms with Crippen molar-refractivity contribution in [2.24, 2.45) is 10.9 Å². The number of hydrogen-bond donors (Lipinski definition) is 1. The average molecular weight is 250 g/mol. The highest BCUT2D eigenvalue weighted by Gasteiger charge is 2.35. The van der Waals surface area contributed by atoms with Crippen LogP contribution in [0.3, 0.4) is 0 Å². The van der Waals surface area contributed by atoms with E-state index in [1.807, 2.05) is 28.8 Å². The molecule has 1 aromatic heterocycles. The van der Waals surface area contributed by atoms with Gasteiger partial charge in [0.05, 0.1) is 18.4 Å². The van der Waals surface area contributed by atoms with Gasteiger partial charge in [0.2, 0.25) is 0 Å². The summed E-state index contributed by atoms with van der Waals surface area (Å²) in [6, 6.07) is 0.405. The maximum Gasteiger partial charge on any atom is 0.161 e. The predicted octanol–water partition coefficient (Wildman–Crippen LogP) is 2.76.